The van der Waals surface area contributed by atoms with E-state index in [0.717, 1.165) is 39.5 Å². The number of benzene rings is 6. The minimum Gasteiger partial charge on any atom is -0.505 e. The Morgan fingerprint density at radius 2 is 1.02 bits per heavy atom. The first kappa shape index (κ1) is 36.6. The summed E-state index contributed by atoms with van der Waals surface area (Å²) >= 11 is 0. The number of nitrogens with zero attached hydrogens (tertiary/aromatic N) is 6. The molecule has 53 heavy (non-hydrogen) atoms. The van der Waals surface area contributed by atoms with Crippen molar-refractivity contribution in [2.24, 2.45) is 30.7 Å². The van der Waals surface area contributed by atoms with Gasteiger partial charge in [0.15, 0.2) is 5.75 Å². The smallest absolute Gasteiger partial charge is 0.296 e. The molecule has 268 valence electrons. The van der Waals surface area contributed by atoms with Crippen LogP contribution in [0.5, 0.6) is 5.75 Å². The number of phenolic OH excluding ortho intramolecular Hbond substituents is 1. The van der Waals surface area contributed by atoms with E-state index in [-0.39, 0.29) is 11.4 Å². The number of aromatic hydroxyl groups is 1. The number of aliphatic hydroxyl groups is 1. The molecule has 0 aliphatic carbocycles. The number of aryl methyl sites for hydroxylation is 5. The Morgan fingerprint density at radius 3 is 1.53 bits per heavy atom. The van der Waals surface area contributed by atoms with Crippen LogP contribution in [0.4, 0.5) is 45.5 Å². The summed E-state index contributed by atoms with van der Waals surface area (Å²) < 4.78 is 33.4. The van der Waals surface area contributed by atoms with Crippen LogP contribution in [-0.4, -0.2) is 23.2 Å². The predicted molar refractivity (Wildman–Crippen MR) is 207 cm³/mol. The van der Waals surface area contributed by atoms with Crippen molar-refractivity contribution in [3.63, 3.8) is 0 Å². The van der Waals surface area contributed by atoms with Gasteiger partial charge in [-0.2, -0.15) is 28.9 Å². The van der Waals surface area contributed by atoms with Crippen molar-refractivity contribution in [3.05, 3.63) is 130 Å². The molecule has 4 N–H and O–H groups in total. The maximum atomic E-state index is 11.9. The van der Waals surface area contributed by atoms with E-state index in [1.54, 1.807) is 18.2 Å². The Bertz CT molecular complexity index is 2570. The molecule has 0 atom stereocenters. The highest BCUT2D eigenvalue weighted by Crippen LogP contribution is 2.39. The molecular formula is C40H37N7O5S. The third-order valence-corrected chi connectivity index (χ3v) is 9.50. The van der Waals surface area contributed by atoms with Gasteiger partial charge in [0, 0.05) is 16.8 Å². The topological polar surface area (TPSA) is 181 Å². The molecule has 0 aliphatic rings. The number of hydrogen-bond acceptors (Lipinski definition) is 11. The lowest BCUT2D eigenvalue weighted by Gasteiger charge is -2.10. The Labute approximate surface area is 307 Å². The minimum atomic E-state index is -4.59. The first-order valence-corrected chi connectivity index (χ1v) is 18.0. The van der Waals surface area contributed by atoms with E-state index in [4.69, 9.17) is 0 Å². The van der Waals surface area contributed by atoms with Crippen molar-refractivity contribution in [1.29, 1.82) is 0 Å². The fraction of sp³-hybridized carbons (Fsp3) is 0.150. The largest absolute Gasteiger partial charge is 0.505 e. The number of rotatable bonds is 10. The number of azo groups is 3. The van der Waals surface area contributed by atoms with Crippen molar-refractivity contribution in [2.75, 3.05) is 5.32 Å². The third kappa shape index (κ3) is 8.50. The molecule has 6 aromatic rings. The SMILES string of the molecule is Cc1ccc(Nc2ccc3c(O)c(N=Nc4cc(C)c(N=Nc5cc(C)c(N=Nc6ccc(CO)cc6S(=O)(=O)O)cc5C)cc4C)ccc3c2)cc1. The average Bonchev–Trinajstić information content (AvgIpc) is 3.13. The summed E-state index contributed by atoms with van der Waals surface area (Å²) in [6.45, 7) is 9.11. The molecule has 0 bridgehead atoms. The zero-order valence-electron chi connectivity index (χ0n) is 29.7. The standard InChI is InChI=1S/C40H37N7O5S/c1-23-6-10-30(11-7-23)41-31-12-13-32-29(21-31)9-15-34(40(32)49)43-45-36-17-27(5)38(19-25(36)3)47-46-37-18-24(2)35(16-26(37)4)44-42-33-14-8-28(22-48)20-39(33)53(50,51)52/h6-21,41,48-49H,22H2,1-5H3,(H,50,51,52). The van der Waals surface area contributed by atoms with Crippen molar-refractivity contribution < 1.29 is 23.2 Å². The lowest BCUT2D eigenvalue weighted by molar-refractivity contribution is 0.281. The van der Waals surface area contributed by atoms with Gasteiger partial charge >= 0.3 is 0 Å². The number of phenols is 1. The van der Waals surface area contributed by atoms with Crippen LogP contribution in [0.15, 0.2) is 133 Å². The Morgan fingerprint density at radius 1 is 0.547 bits per heavy atom. The highest BCUT2D eigenvalue weighted by Gasteiger charge is 2.17. The van der Waals surface area contributed by atoms with Crippen LogP contribution in [0.1, 0.15) is 33.4 Å². The highest BCUT2D eigenvalue weighted by molar-refractivity contribution is 7.86. The quantitative estimate of drug-likeness (QED) is 0.0804. The zero-order valence-corrected chi connectivity index (χ0v) is 30.5. The first-order valence-electron chi connectivity index (χ1n) is 16.6. The lowest BCUT2D eigenvalue weighted by atomic mass is 10.1. The molecule has 6 aromatic carbocycles. The van der Waals surface area contributed by atoms with Gasteiger partial charge in [-0.1, -0.05) is 29.8 Å². The molecule has 0 radical (unpaired) electrons. The maximum Gasteiger partial charge on any atom is 0.296 e. The molecule has 0 heterocycles. The second-order valence-electron chi connectivity index (χ2n) is 12.7. The molecule has 13 heteroatoms. The molecule has 0 aliphatic heterocycles. The van der Waals surface area contributed by atoms with Gasteiger partial charge in [0.25, 0.3) is 10.1 Å². The van der Waals surface area contributed by atoms with Gasteiger partial charge in [-0.3, -0.25) is 4.55 Å². The maximum absolute atomic E-state index is 11.9. The van der Waals surface area contributed by atoms with Crippen LogP contribution >= 0.6 is 0 Å². The van der Waals surface area contributed by atoms with Crippen LogP contribution in [-0.2, 0) is 16.7 Å². The molecule has 0 unspecified atom stereocenters. The van der Waals surface area contributed by atoms with Gasteiger partial charge < -0.3 is 15.5 Å². The van der Waals surface area contributed by atoms with Gasteiger partial charge in [0.1, 0.15) is 16.3 Å². The van der Waals surface area contributed by atoms with E-state index in [1.807, 2.05) is 95.3 Å². The Balaban J connectivity index is 1.18. The van der Waals surface area contributed by atoms with Crippen molar-refractivity contribution >= 4 is 66.4 Å². The van der Waals surface area contributed by atoms with Crippen LogP contribution in [0, 0.1) is 34.6 Å². The summed E-state index contributed by atoms with van der Waals surface area (Å²) in [5, 5.41) is 51.4. The number of fused-ring (bicyclic) bond motifs is 1. The van der Waals surface area contributed by atoms with Crippen LogP contribution in [0.2, 0.25) is 0 Å². The number of anilines is 2. The second kappa shape index (κ2) is 15.2. The van der Waals surface area contributed by atoms with E-state index in [9.17, 15) is 23.2 Å². The molecule has 0 saturated heterocycles. The molecule has 6 rings (SSSR count). The van der Waals surface area contributed by atoms with E-state index >= 15 is 0 Å². The van der Waals surface area contributed by atoms with Crippen LogP contribution < -0.4 is 5.32 Å². The molecule has 0 spiro atoms. The lowest BCUT2D eigenvalue weighted by Crippen LogP contribution is -1.99. The fourth-order valence-electron chi connectivity index (χ4n) is 5.54. The van der Waals surface area contributed by atoms with Gasteiger partial charge in [-0.15, -0.1) is 10.2 Å². The summed E-state index contributed by atoms with van der Waals surface area (Å²) in [5.41, 5.74) is 9.16. The highest BCUT2D eigenvalue weighted by atomic mass is 32.2. The second-order valence-corrected chi connectivity index (χ2v) is 14.1. The summed E-state index contributed by atoms with van der Waals surface area (Å²) in [7, 11) is -4.59. The third-order valence-electron chi connectivity index (χ3n) is 8.62. The van der Waals surface area contributed by atoms with Crippen molar-refractivity contribution in [3.8, 4) is 5.75 Å². The van der Waals surface area contributed by atoms with Gasteiger partial charge in [-0.05, 0) is 141 Å². The van der Waals surface area contributed by atoms with Crippen LogP contribution in [0.25, 0.3) is 10.8 Å². The number of hydrogen-bond donors (Lipinski definition) is 4. The van der Waals surface area contributed by atoms with Crippen molar-refractivity contribution in [2.45, 2.75) is 46.1 Å². The minimum absolute atomic E-state index is 0.0469. The fourth-order valence-corrected chi connectivity index (χ4v) is 6.21. The van der Waals surface area contributed by atoms with Gasteiger partial charge in [0.2, 0.25) is 0 Å². The van der Waals surface area contributed by atoms with Crippen molar-refractivity contribution in [1.82, 2.24) is 0 Å². The molecule has 0 aromatic heterocycles. The van der Waals surface area contributed by atoms with Gasteiger partial charge in [-0.25, -0.2) is 0 Å². The normalized spacial score (nSPS) is 12.1. The van der Waals surface area contributed by atoms with E-state index in [1.165, 1.54) is 17.7 Å². The molecule has 12 nitrogen and oxygen atoms in total. The zero-order chi connectivity index (χ0) is 37.9. The molecule has 0 fully saturated rings. The first-order chi connectivity index (χ1) is 25.3. The molecule has 0 amide bonds. The summed E-state index contributed by atoms with van der Waals surface area (Å²) in [6, 6.07) is 28.9. The number of aliphatic hydroxyl groups excluding tert-OH is 1. The average molecular weight is 728 g/mol. The van der Waals surface area contributed by atoms with E-state index < -0.39 is 21.6 Å². The predicted octanol–water partition coefficient (Wildman–Crippen LogP) is 11.8. The summed E-state index contributed by atoms with van der Waals surface area (Å²) in [4.78, 5) is -0.445. The summed E-state index contributed by atoms with van der Waals surface area (Å²) in [6.07, 6.45) is 0. The van der Waals surface area contributed by atoms with E-state index in [0.29, 0.717) is 45.0 Å². The molecular weight excluding hydrogens is 691 g/mol. The van der Waals surface area contributed by atoms with E-state index in [2.05, 4.69) is 36.0 Å². The Hall–Kier alpha value is -6.15. The monoisotopic (exact) mass is 727 g/mol. The van der Waals surface area contributed by atoms with Gasteiger partial charge in [0.05, 0.1) is 29.4 Å². The van der Waals surface area contributed by atoms with Crippen LogP contribution in [0.3, 0.4) is 0 Å². The number of nitrogens with one attached hydrogen (secondary N) is 1. The molecule has 0 saturated carbocycles. The Kier molecular flexibility index (Phi) is 10.5. The summed E-state index contributed by atoms with van der Waals surface area (Å²) in [5.74, 6) is 0.0469.